The number of amidine groups is 1. The molecule has 0 aliphatic carbocycles. The van der Waals surface area contributed by atoms with Crippen LogP contribution in [0.25, 0.3) is 21.5 Å². The molecule has 0 atom stereocenters. The second kappa shape index (κ2) is 21.4. The molecule has 4 saturated heterocycles. The highest BCUT2D eigenvalue weighted by Gasteiger charge is 2.33. The first-order valence-electron chi connectivity index (χ1n) is 22.6. The van der Waals surface area contributed by atoms with Gasteiger partial charge in [-0.15, -0.1) is 0 Å². The maximum absolute atomic E-state index is 14.6. The summed E-state index contributed by atoms with van der Waals surface area (Å²) in [6.45, 7) is 13.7. The molecule has 2 aromatic heterocycles. The number of carboxylic acid groups (broad SMARTS) is 1. The average Bonchev–Trinajstić information content (AvgIpc) is 4.09. The number of amides is 1. The molecule has 1 amide bonds. The number of nitrogens with zero attached hydrogens (tertiary/aromatic N) is 4. The summed E-state index contributed by atoms with van der Waals surface area (Å²) in [5.41, 5.74) is 10.4. The molecule has 4 aromatic rings. The zero-order valence-corrected chi connectivity index (χ0v) is 35.2. The van der Waals surface area contributed by atoms with Crippen LogP contribution in [-0.2, 0) is 0 Å². The molecule has 17 heteroatoms. The van der Waals surface area contributed by atoms with E-state index >= 15 is 0 Å². The van der Waals surface area contributed by atoms with Crippen LogP contribution in [0.4, 0.5) is 11.4 Å². The number of anilines is 2. The molecule has 6 heterocycles. The first-order valence-corrected chi connectivity index (χ1v) is 22.6. The zero-order chi connectivity index (χ0) is 41.8. The number of hydrazine groups is 2. The van der Waals surface area contributed by atoms with Gasteiger partial charge >= 0.3 is 5.97 Å². The minimum absolute atomic E-state index is 0.00402. The lowest BCUT2D eigenvalue weighted by atomic mass is 9.87. The number of aromatic carboxylic acids is 1. The second-order valence-electron chi connectivity index (χ2n) is 17.0. The number of likely N-dealkylation sites (tertiary alicyclic amines) is 4. The van der Waals surface area contributed by atoms with Crippen LogP contribution in [0, 0.1) is 5.41 Å². The minimum Gasteiger partial charge on any atom is -0.478 e. The largest absolute Gasteiger partial charge is 0.478 e. The number of carboxylic acids is 1. The first kappa shape index (κ1) is 43.7. The smallest absolute Gasteiger partial charge is 0.338 e. The van der Waals surface area contributed by atoms with E-state index in [0.29, 0.717) is 38.3 Å². The van der Waals surface area contributed by atoms with Gasteiger partial charge < -0.3 is 40.8 Å². The molecule has 60 heavy (non-hydrogen) atoms. The van der Waals surface area contributed by atoms with Crippen molar-refractivity contribution in [2.75, 3.05) is 115 Å². The number of benzene rings is 2. The highest BCUT2D eigenvalue weighted by atomic mass is 16.4. The van der Waals surface area contributed by atoms with Crippen molar-refractivity contribution in [2.24, 2.45) is 0 Å². The second-order valence-corrected chi connectivity index (χ2v) is 17.0. The van der Waals surface area contributed by atoms with Crippen molar-refractivity contribution in [2.45, 2.75) is 77.0 Å². The van der Waals surface area contributed by atoms with Crippen molar-refractivity contribution in [3.8, 4) is 0 Å². The summed E-state index contributed by atoms with van der Waals surface area (Å²) in [7, 11) is 0. The molecule has 4 aliphatic rings. The van der Waals surface area contributed by atoms with E-state index in [1.165, 1.54) is 38.5 Å². The molecule has 17 nitrogen and oxygen atoms in total. The Labute approximate surface area is 352 Å². The van der Waals surface area contributed by atoms with Gasteiger partial charge in [-0.05, 0) is 162 Å². The van der Waals surface area contributed by atoms with E-state index in [-0.39, 0.29) is 49.8 Å². The van der Waals surface area contributed by atoms with E-state index in [4.69, 9.17) is 0 Å². The number of hydrogen-bond acceptors (Lipinski definition) is 13. The van der Waals surface area contributed by atoms with Crippen molar-refractivity contribution >= 4 is 50.6 Å². The number of aromatic amines is 1. The third-order valence-electron chi connectivity index (χ3n) is 12.6. The Balaban J connectivity index is 1.28. The van der Waals surface area contributed by atoms with Crippen LogP contribution in [0.2, 0.25) is 0 Å². The molecule has 9 N–H and O–H groups in total. The molecule has 2 bridgehead atoms. The number of rotatable bonds is 23. The molecule has 2 aromatic carbocycles. The summed E-state index contributed by atoms with van der Waals surface area (Å²) in [6, 6.07) is 1.61. The topological polar surface area (TPSA) is 213 Å². The number of carbonyl (C=O) groups is 2. The fraction of sp³-hybridized carbons (Fsp3) is 0.651. The van der Waals surface area contributed by atoms with Gasteiger partial charge in [0.2, 0.25) is 0 Å². The van der Waals surface area contributed by atoms with Gasteiger partial charge in [-0.3, -0.25) is 30.2 Å². The fourth-order valence-electron chi connectivity index (χ4n) is 9.62. The predicted octanol–water partition coefficient (Wildman–Crippen LogP) is 2.60. The summed E-state index contributed by atoms with van der Waals surface area (Å²) < 4.78 is 0. The van der Waals surface area contributed by atoms with Crippen molar-refractivity contribution in [3.05, 3.63) is 43.5 Å². The van der Waals surface area contributed by atoms with E-state index in [1.54, 1.807) is 6.07 Å². The standard InChI is InChI=1S/C43H66N12O5/c44-39(50-47-15-11-27-54-21-5-6-22-54)36-32-30-29-31(45-13-9-25-52-17-1-2-18-52)33(41(57)49-40(30)56)34(32)35(42(58)51-48-16-12-28-55-23-7-8-24-55)37(43(59)60)38(36)46-14-10-26-53-19-3-4-20-53/h29,45-48H,1-28H2,(H2,44,50)(H,51,58)(H,59,60)(H,49,56,57). The van der Waals surface area contributed by atoms with Crippen molar-refractivity contribution in [1.29, 1.82) is 5.41 Å². The third kappa shape index (κ3) is 10.7. The Morgan fingerprint density at radius 2 is 1.05 bits per heavy atom. The van der Waals surface area contributed by atoms with Crippen LogP contribution < -0.4 is 43.5 Å². The third-order valence-corrected chi connectivity index (χ3v) is 12.6. The number of aromatic nitrogens is 1. The van der Waals surface area contributed by atoms with Crippen molar-refractivity contribution in [1.82, 2.24) is 46.3 Å². The van der Waals surface area contributed by atoms with Crippen LogP contribution in [0.5, 0.6) is 0 Å². The molecule has 8 rings (SSSR count). The van der Waals surface area contributed by atoms with E-state index in [9.17, 15) is 29.7 Å². The maximum atomic E-state index is 14.6. The molecule has 4 fully saturated rings. The molecule has 0 radical (unpaired) electrons. The van der Waals surface area contributed by atoms with Crippen LogP contribution in [0.15, 0.2) is 15.7 Å². The Kier molecular flexibility index (Phi) is 15.6. The van der Waals surface area contributed by atoms with Crippen molar-refractivity contribution < 1.29 is 14.7 Å². The van der Waals surface area contributed by atoms with E-state index in [2.05, 4.69) is 56.9 Å². The average molecular weight is 831 g/mol. The van der Waals surface area contributed by atoms with Gasteiger partial charge in [0.15, 0.2) is 0 Å². The molecular weight excluding hydrogens is 765 g/mol. The zero-order valence-electron chi connectivity index (χ0n) is 35.2. The number of hydrogen-bond donors (Lipinski definition) is 9. The van der Waals surface area contributed by atoms with Gasteiger partial charge in [0, 0.05) is 42.6 Å². The monoisotopic (exact) mass is 831 g/mol. The van der Waals surface area contributed by atoms with Crippen LogP contribution in [0.3, 0.4) is 0 Å². The number of carbonyl (C=O) groups excluding carboxylic acids is 1. The quantitative estimate of drug-likeness (QED) is 0.0291. The minimum atomic E-state index is -1.40. The van der Waals surface area contributed by atoms with Crippen LogP contribution in [0.1, 0.15) is 103 Å². The first-order chi connectivity index (χ1) is 29.3. The van der Waals surface area contributed by atoms with Gasteiger partial charge in [-0.25, -0.2) is 15.6 Å². The van der Waals surface area contributed by atoms with E-state index < -0.39 is 23.0 Å². The Bertz CT molecular complexity index is 2050. The lowest BCUT2D eigenvalue weighted by Gasteiger charge is -2.24. The van der Waals surface area contributed by atoms with Crippen molar-refractivity contribution in [3.63, 3.8) is 0 Å². The molecule has 0 saturated carbocycles. The highest BCUT2D eigenvalue weighted by molar-refractivity contribution is 6.32. The Hall–Kier alpha value is -4.39. The fourth-order valence-corrected chi connectivity index (χ4v) is 9.62. The SMILES string of the molecule is N=C(NNCCCN1CCCC1)c1c(NCCCN2CCCC2)c(C(=O)O)c(C(=O)NNCCCN2CCCC2)c2c3c(NCCCN4CCCC4)cc(c(=O)[nH]c3=O)c12. The summed E-state index contributed by atoms with van der Waals surface area (Å²) in [4.78, 5) is 68.5. The summed E-state index contributed by atoms with van der Waals surface area (Å²) >= 11 is 0. The van der Waals surface area contributed by atoms with E-state index in [0.717, 1.165) is 111 Å². The Morgan fingerprint density at radius 1 is 0.583 bits per heavy atom. The normalized spacial score (nSPS) is 18.0. The predicted molar refractivity (Wildman–Crippen MR) is 238 cm³/mol. The van der Waals surface area contributed by atoms with Gasteiger partial charge in [-0.2, -0.15) is 0 Å². The Morgan fingerprint density at radius 3 is 1.55 bits per heavy atom. The maximum Gasteiger partial charge on any atom is 0.338 e. The number of H-pyrrole nitrogens is 1. The van der Waals surface area contributed by atoms with Gasteiger partial charge in [-0.1, -0.05) is 0 Å². The molecular formula is C43H66N12O5. The highest BCUT2D eigenvalue weighted by Crippen LogP contribution is 2.41. The molecule has 0 spiro atoms. The number of nitrogens with one attached hydrogen (secondary N) is 8. The molecule has 4 aliphatic heterocycles. The molecule has 0 unspecified atom stereocenters. The van der Waals surface area contributed by atoms with Gasteiger partial charge in [0.1, 0.15) is 5.84 Å². The van der Waals surface area contributed by atoms with Gasteiger partial charge in [0.05, 0.1) is 33.2 Å². The summed E-state index contributed by atoms with van der Waals surface area (Å²) in [5, 5.41) is 27.6. The number of fused-ring (bicyclic) bond motifs is 3. The summed E-state index contributed by atoms with van der Waals surface area (Å²) in [5.74, 6) is -2.32. The van der Waals surface area contributed by atoms with Crippen LogP contribution in [-0.4, -0.2) is 152 Å². The van der Waals surface area contributed by atoms with Gasteiger partial charge in [0.25, 0.3) is 17.0 Å². The van der Waals surface area contributed by atoms with Crippen LogP contribution >= 0.6 is 0 Å². The van der Waals surface area contributed by atoms with E-state index in [1.807, 2.05) is 0 Å². The molecule has 328 valence electrons. The lowest BCUT2D eigenvalue weighted by molar-refractivity contribution is 0.0692. The lowest BCUT2D eigenvalue weighted by Crippen LogP contribution is -2.41. The summed E-state index contributed by atoms with van der Waals surface area (Å²) in [6.07, 6.45) is 12.4.